The summed E-state index contributed by atoms with van der Waals surface area (Å²) in [5.41, 5.74) is 6.56. The van der Waals surface area contributed by atoms with Crippen molar-refractivity contribution < 1.29 is 4.74 Å². The first-order chi connectivity index (χ1) is 9.38. The van der Waals surface area contributed by atoms with Gasteiger partial charge in [-0.1, -0.05) is 12.5 Å². The topological polar surface area (TPSA) is 51.4 Å². The van der Waals surface area contributed by atoms with E-state index in [1.165, 1.54) is 37.9 Å². The fraction of sp³-hybridized carbons (Fsp3) is 0.533. The first-order valence-electron chi connectivity index (χ1n) is 7.05. The van der Waals surface area contributed by atoms with Crippen molar-refractivity contribution >= 4 is 0 Å². The van der Waals surface area contributed by atoms with Gasteiger partial charge in [-0.3, -0.25) is 4.90 Å². The van der Waals surface area contributed by atoms with Crippen molar-refractivity contribution in [1.82, 2.24) is 9.88 Å². The number of rotatable bonds is 6. The maximum Gasteiger partial charge on any atom is 0.213 e. The van der Waals surface area contributed by atoms with E-state index in [0.717, 1.165) is 13.0 Å². The molecule has 1 fully saturated rings. The molecule has 4 nitrogen and oxygen atoms in total. The number of pyridine rings is 1. The summed E-state index contributed by atoms with van der Waals surface area (Å²) < 4.78 is 5.60. The molecule has 0 amide bonds. The molecule has 2 rings (SSSR count). The lowest BCUT2D eigenvalue weighted by Crippen LogP contribution is -2.29. The van der Waals surface area contributed by atoms with Crippen LogP contribution in [0.1, 0.15) is 31.2 Å². The lowest BCUT2D eigenvalue weighted by molar-refractivity contribution is 0.220. The van der Waals surface area contributed by atoms with Gasteiger partial charge < -0.3 is 10.5 Å². The van der Waals surface area contributed by atoms with E-state index in [2.05, 4.69) is 16.0 Å². The molecule has 0 saturated carbocycles. The molecule has 0 radical (unpaired) electrons. The zero-order chi connectivity index (χ0) is 13.3. The van der Waals surface area contributed by atoms with Crippen LogP contribution < -0.4 is 10.5 Å². The average Bonchev–Trinajstić information content (AvgIpc) is 2.45. The Balaban J connectivity index is 1.83. The minimum absolute atomic E-state index is 0.619. The van der Waals surface area contributed by atoms with E-state index >= 15 is 0 Å². The second-order valence-corrected chi connectivity index (χ2v) is 4.90. The fourth-order valence-corrected chi connectivity index (χ4v) is 2.33. The molecular formula is C15H23N3O. The molecule has 2 N–H and O–H groups in total. The third-order valence-corrected chi connectivity index (χ3v) is 3.32. The number of aromatic nitrogens is 1. The van der Waals surface area contributed by atoms with Crippen LogP contribution in [0.3, 0.4) is 0 Å². The first kappa shape index (κ1) is 13.9. The van der Waals surface area contributed by atoms with Gasteiger partial charge in [0.15, 0.2) is 0 Å². The number of ether oxygens (including phenoxy) is 1. The molecule has 19 heavy (non-hydrogen) atoms. The predicted molar refractivity (Wildman–Crippen MR) is 76.8 cm³/mol. The summed E-state index contributed by atoms with van der Waals surface area (Å²) in [6, 6.07) is 4.11. The fourth-order valence-electron chi connectivity index (χ4n) is 2.33. The molecule has 4 heteroatoms. The van der Waals surface area contributed by atoms with Crippen molar-refractivity contribution in [2.45, 2.75) is 32.2 Å². The molecular weight excluding hydrogens is 238 g/mol. The molecule has 1 aromatic rings. The van der Waals surface area contributed by atoms with E-state index in [1.807, 2.05) is 18.3 Å². The van der Waals surface area contributed by atoms with Gasteiger partial charge in [-0.2, -0.15) is 0 Å². The molecule has 0 atom stereocenters. The zero-order valence-electron chi connectivity index (χ0n) is 11.4. The maximum atomic E-state index is 5.60. The van der Waals surface area contributed by atoms with E-state index in [9.17, 15) is 0 Å². The minimum atomic E-state index is 0.619. The number of nitrogens with two attached hydrogens (primary N) is 1. The van der Waals surface area contributed by atoms with Crippen LogP contribution in [-0.4, -0.2) is 29.6 Å². The lowest BCUT2D eigenvalue weighted by atomic mass is 10.1. The highest BCUT2D eigenvalue weighted by atomic mass is 16.5. The Bertz CT molecular complexity index is 400. The molecule has 1 aliphatic rings. The summed E-state index contributed by atoms with van der Waals surface area (Å²) >= 11 is 0. The van der Waals surface area contributed by atoms with Crippen molar-refractivity contribution in [3.8, 4) is 5.88 Å². The summed E-state index contributed by atoms with van der Waals surface area (Å²) in [6.07, 6.45) is 10.1. The largest absolute Gasteiger partial charge is 0.477 e. The molecule has 0 unspecified atom stereocenters. The smallest absolute Gasteiger partial charge is 0.213 e. The second-order valence-electron chi connectivity index (χ2n) is 4.90. The van der Waals surface area contributed by atoms with Crippen LogP contribution in [0.2, 0.25) is 0 Å². The molecule has 1 saturated heterocycles. The molecule has 1 aromatic heterocycles. The van der Waals surface area contributed by atoms with Crippen LogP contribution in [0.15, 0.2) is 30.6 Å². The van der Waals surface area contributed by atoms with Gasteiger partial charge in [0.2, 0.25) is 5.88 Å². The van der Waals surface area contributed by atoms with Gasteiger partial charge in [-0.15, -0.1) is 0 Å². The molecule has 0 bridgehead atoms. The summed E-state index contributed by atoms with van der Waals surface area (Å²) in [4.78, 5) is 6.73. The van der Waals surface area contributed by atoms with Crippen molar-refractivity contribution in [3.63, 3.8) is 0 Å². The van der Waals surface area contributed by atoms with Crippen molar-refractivity contribution in [3.05, 3.63) is 36.2 Å². The highest BCUT2D eigenvalue weighted by Crippen LogP contribution is 2.15. The Hall–Kier alpha value is -1.55. The van der Waals surface area contributed by atoms with E-state index in [-0.39, 0.29) is 0 Å². The number of nitrogens with zero attached hydrogens (tertiary/aromatic N) is 2. The summed E-state index contributed by atoms with van der Waals surface area (Å²) in [7, 11) is 0. The summed E-state index contributed by atoms with van der Waals surface area (Å²) in [5, 5.41) is 0. The normalized spacial score (nSPS) is 16.8. The number of hydrogen-bond donors (Lipinski definition) is 1. The Labute approximate surface area is 115 Å². The Kier molecular flexibility index (Phi) is 5.69. The van der Waals surface area contributed by atoms with Gasteiger partial charge in [-0.25, -0.2) is 4.98 Å². The highest BCUT2D eigenvalue weighted by Gasteiger charge is 2.10. The Morgan fingerprint density at radius 2 is 2.16 bits per heavy atom. The third kappa shape index (κ3) is 4.91. The van der Waals surface area contributed by atoms with Gasteiger partial charge in [0.1, 0.15) is 0 Å². The maximum absolute atomic E-state index is 5.60. The van der Waals surface area contributed by atoms with Gasteiger partial charge in [0, 0.05) is 25.2 Å². The summed E-state index contributed by atoms with van der Waals surface area (Å²) in [6.45, 7) is 4.04. The van der Waals surface area contributed by atoms with Crippen LogP contribution in [-0.2, 0) is 6.54 Å². The molecule has 1 aliphatic heterocycles. The van der Waals surface area contributed by atoms with Crippen LogP contribution in [0.25, 0.3) is 0 Å². The zero-order valence-corrected chi connectivity index (χ0v) is 11.4. The van der Waals surface area contributed by atoms with E-state index in [0.29, 0.717) is 12.5 Å². The minimum Gasteiger partial charge on any atom is -0.477 e. The van der Waals surface area contributed by atoms with Crippen LogP contribution in [0, 0.1) is 0 Å². The Morgan fingerprint density at radius 1 is 1.32 bits per heavy atom. The standard InChI is InChI=1S/C15H23N3O/c16-7-2-5-11-19-15-12-14(6-8-17-15)13-18-9-3-1-4-10-18/h2,6-8,12H,1,3-5,9-11,13,16H2/b7-2-. The van der Waals surface area contributed by atoms with Crippen molar-refractivity contribution in [2.75, 3.05) is 19.7 Å². The van der Waals surface area contributed by atoms with Gasteiger partial charge in [0.05, 0.1) is 6.61 Å². The predicted octanol–water partition coefficient (Wildman–Crippen LogP) is 2.31. The monoisotopic (exact) mass is 261 g/mol. The number of likely N-dealkylation sites (tertiary alicyclic amines) is 1. The summed E-state index contributed by atoms with van der Waals surface area (Å²) in [5.74, 6) is 0.708. The van der Waals surface area contributed by atoms with Crippen LogP contribution in [0.4, 0.5) is 0 Å². The van der Waals surface area contributed by atoms with E-state index in [4.69, 9.17) is 10.5 Å². The molecule has 0 spiro atoms. The van der Waals surface area contributed by atoms with Gasteiger partial charge in [0.25, 0.3) is 0 Å². The third-order valence-electron chi connectivity index (χ3n) is 3.32. The van der Waals surface area contributed by atoms with Crippen LogP contribution in [0.5, 0.6) is 5.88 Å². The number of piperidine rings is 1. The average molecular weight is 261 g/mol. The molecule has 2 heterocycles. The lowest BCUT2D eigenvalue weighted by Gasteiger charge is -2.26. The molecule has 0 aliphatic carbocycles. The van der Waals surface area contributed by atoms with Crippen LogP contribution >= 0.6 is 0 Å². The first-order valence-corrected chi connectivity index (χ1v) is 7.05. The van der Waals surface area contributed by atoms with Gasteiger partial charge >= 0.3 is 0 Å². The van der Waals surface area contributed by atoms with Crippen molar-refractivity contribution in [2.24, 2.45) is 5.73 Å². The second kappa shape index (κ2) is 7.79. The van der Waals surface area contributed by atoms with Crippen molar-refractivity contribution in [1.29, 1.82) is 0 Å². The molecule has 104 valence electrons. The number of hydrogen-bond acceptors (Lipinski definition) is 4. The van der Waals surface area contributed by atoms with E-state index < -0.39 is 0 Å². The highest BCUT2D eigenvalue weighted by molar-refractivity contribution is 5.20. The SMILES string of the molecule is N/C=C\CCOc1cc(CN2CCCCC2)ccn1. The van der Waals surface area contributed by atoms with Gasteiger partial charge in [-0.05, 0) is 43.8 Å². The van der Waals surface area contributed by atoms with E-state index in [1.54, 1.807) is 6.20 Å². The molecule has 0 aromatic carbocycles. The quantitative estimate of drug-likeness (QED) is 0.798. The Morgan fingerprint density at radius 3 is 2.95 bits per heavy atom.